The van der Waals surface area contributed by atoms with Crippen molar-refractivity contribution in [3.8, 4) is 11.3 Å². The summed E-state index contributed by atoms with van der Waals surface area (Å²) in [4.78, 5) is 21.4. The summed E-state index contributed by atoms with van der Waals surface area (Å²) in [5, 5.41) is 5.43. The van der Waals surface area contributed by atoms with Gasteiger partial charge in [-0.2, -0.15) is 5.10 Å². The average molecular weight is 448 g/mol. The Morgan fingerprint density at radius 3 is 2.50 bits per heavy atom. The van der Waals surface area contributed by atoms with Crippen LogP contribution in [0.25, 0.3) is 16.8 Å². The fraction of sp³-hybridized carbons (Fsp3) is 0.208. The monoisotopic (exact) mass is 447 g/mol. The molecule has 1 aliphatic heterocycles. The molecule has 6 nitrogen and oxygen atoms in total. The molecule has 1 aliphatic rings. The van der Waals surface area contributed by atoms with Crippen LogP contribution in [-0.2, 0) is 4.79 Å². The summed E-state index contributed by atoms with van der Waals surface area (Å²) in [5.74, 6) is 0.187. The van der Waals surface area contributed by atoms with Crippen molar-refractivity contribution in [2.75, 3.05) is 36.8 Å². The van der Waals surface area contributed by atoms with Crippen LogP contribution in [0.15, 0.2) is 78.1 Å². The summed E-state index contributed by atoms with van der Waals surface area (Å²) in [6.07, 6.45) is 3.53. The average Bonchev–Trinajstić information content (AvgIpc) is 3.29. The number of carbonyl (C=O) groups excluding carboxylic acids is 1. The summed E-state index contributed by atoms with van der Waals surface area (Å²) in [7, 11) is 0. The number of benzene rings is 2. The van der Waals surface area contributed by atoms with Crippen LogP contribution in [0.2, 0.25) is 0 Å². The second-order valence-corrected chi connectivity index (χ2v) is 8.55. The molecule has 0 aliphatic carbocycles. The summed E-state index contributed by atoms with van der Waals surface area (Å²) in [5.41, 5.74) is 3.80. The molecule has 0 N–H and O–H groups in total. The molecule has 1 saturated heterocycles. The van der Waals surface area contributed by atoms with Gasteiger partial charge in [0.2, 0.25) is 5.91 Å². The van der Waals surface area contributed by atoms with Crippen molar-refractivity contribution in [3.63, 3.8) is 0 Å². The van der Waals surface area contributed by atoms with E-state index in [1.807, 2.05) is 52.0 Å². The Labute approximate surface area is 189 Å². The molecule has 0 spiro atoms. The topological polar surface area (TPSA) is 53.7 Å². The van der Waals surface area contributed by atoms with Gasteiger partial charge in [-0.3, -0.25) is 4.79 Å². The van der Waals surface area contributed by atoms with Crippen molar-refractivity contribution in [1.29, 1.82) is 0 Å². The lowest BCUT2D eigenvalue weighted by molar-refractivity contribution is -0.128. The number of nitrogens with zero attached hydrogens (tertiary/aromatic N) is 5. The van der Waals surface area contributed by atoms with Gasteiger partial charge in [-0.25, -0.2) is 13.9 Å². The molecule has 1 fully saturated rings. The van der Waals surface area contributed by atoms with Gasteiger partial charge < -0.3 is 9.80 Å². The third-order valence-corrected chi connectivity index (χ3v) is 6.56. The first-order valence-corrected chi connectivity index (χ1v) is 11.5. The fourth-order valence-corrected chi connectivity index (χ4v) is 4.73. The van der Waals surface area contributed by atoms with Gasteiger partial charge in [-0.05, 0) is 30.3 Å². The SMILES string of the molecule is O=C(CSc1nccn2nc(-c3ccccc3)cc12)N1CCN(c2ccc(F)cc2)CC1. The zero-order valence-electron chi connectivity index (χ0n) is 17.4. The Kier molecular flexibility index (Phi) is 5.77. The highest BCUT2D eigenvalue weighted by Gasteiger charge is 2.22. The van der Waals surface area contributed by atoms with Crippen LogP contribution in [0.1, 0.15) is 0 Å². The van der Waals surface area contributed by atoms with Crippen LogP contribution in [0.3, 0.4) is 0 Å². The Morgan fingerprint density at radius 2 is 1.75 bits per heavy atom. The predicted molar refractivity (Wildman–Crippen MR) is 124 cm³/mol. The minimum Gasteiger partial charge on any atom is -0.368 e. The van der Waals surface area contributed by atoms with Crippen LogP contribution < -0.4 is 4.90 Å². The van der Waals surface area contributed by atoms with Crippen LogP contribution in [0.4, 0.5) is 10.1 Å². The molecule has 162 valence electrons. The fourth-order valence-electron chi connectivity index (χ4n) is 3.85. The van der Waals surface area contributed by atoms with Crippen molar-refractivity contribution < 1.29 is 9.18 Å². The van der Waals surface area contributed by atoms with Gasteiger partial charge in [0.05, 0.1) is 17.0 Å². The van der Waals surface area contributed by atoms with Gasteiger partial charge in [0.25, 0.3) is 0 Å². The number of hydrogen-bond acceptors (Lipinski definition) is 5. The lowest BCUT2D eigenvalue weighted by Crippen LogP contribution is -2.49. The van der Waals surface area contributed by atoms with Crippen molar-refractivity contribution in [2.45, 2.75) is 5.03 Å². The molecule has 2 aromatic heterocycles. The molecule has 3 heterocycles. The Hall–Kier alpha value is -3.39. The smallest absolute Gasteiger partial charge is 0.233 e. The highest BCUT2D eigenvalue weighted by Crippen LogP contribution is 2.26. The molecule has 0 saturated carbocycles. The van der Waals surface area contributed by atoms with Gasteiger partial charge in [-0.1, -0.05) is 42.1 Å². The number of fused-ring (bicyclic) bond motifs is 1. The van der Waals surface area contributed by atoms with Crippen LogP contribution in [0.5, 0.6) is 0 Å². The number of anilines is 1. The Morgan fingerprint density at radius 1 is 1.00 bits per heavy atom. The van der Waals surface area contributed by atoms with E-state index in [0.29, 0.717) is 18.8 Å². The normalized spacial score (nSPS) is 14.2. The Bertz CT molecular complexity index is 1220. The molecule has 8 heteroatoms. The van der Waals surface area contributed by atoms with Crippen molar-refractivity contribution in [3.05, 3.63) is 78.9 Å². The zero-order valence-corrected chi connectivity index (χ0v) is 18.2. The molecule has 32 heavy (non-hydrogen) atoms. The second kappa shape index (κ2) is 9.00. The molecule has 0 bridgehead atoms. The van der Waals surface area contributed by atoms with Crippen LogP contribution in [0, 0.1) is 5.82 Å². The summed E-state index contributed by atoms with van der Waals surface area (Å²) in [6.45, 7) is 2.77. The number of piperazine rings is 1. The molecule has 0 unspecified atom stereocenters. The number of aromatic nitrogens is 3. The van der Waals surface area contributed by atoms with E-state index in [1.165, 1.54) is 23.9 Å². The van der Waals surface area contributed by atoms with Gasteiger partial charge in [-0.15, -0.1) is 0 Å². The van der Waals surface area contributed by atoms with Crippen molar-refractivity contribution >= 4 is 28.9 Å². The standard InChI is InChI=1S/C24H22FN5OS/c25-19-6-8-20(9-7-19)28-12-14-29(15-13-28)23(31)17-32-24-22-16-21(18-4-2-1-3-5-18)27-30(22)11-10-26-24/h1-11,16H,12-15,17H2. The first-order valence-electron chi connectivity index (χ1n) is 10.5. The van der Waals surface area contributed by atoms with E-state index in [-0.39, 0.29) is 11.7 Å². The first kappa shape index (κ1) is 20.5. The van der Waals surface area contributed by atoms with E-state index in [1.54, 1.807) is 18.3 Å². The maximum Gasteiger partial charge on any atom is 0.233 e. The predicted octanol–water partition coefficient (Wildman–Crippen LogP) is 3.98. The van der Waals surface area contributed by atoms with E-state index in [0.717, 1.165) is 40.6 Å². The van der Waals surface area contributed by atoms with E-state index in [4.69, 9.17) is 0 Å². The van der Waals surface area contributed by atoms with Crippen LogP contribution in [-0.4, -0.2) is 57.3 Å². The van der Waals surface area contributed by atoms with Gasteiger partial charge in [0.15, 0.2) is 0 Å². The van der Waals surface area contributed by atoms with E-state index < -0.39 is 0 Å². The number of amides is 1. The molecule has 0 atom stereocenters. The third-order valence-electron chi connectivity index (χ3n) is 5.58. The number of hydrogen-bond donors (Lipinski definition) is 0. The first-order chi connectivity index (χ1) is 15.7. The van der Waals surface area contributed by atoms with Crippen molar-refractivity contribution in [1.82, 2.24) is 19.5 Å². The van der Waals surface area contributed by atoms with Gasteiger partial charge in [0.1, 0.15) is 10.8 Å². The molecule has 1 amide bonds. The van der Waals surface area contributed by atoms with E-state index in [2.05, 4.69) is 15.0 Å². The molecule has 4 aromatic rings. The maximum atomic E-state index is 13.1. The van der Waals surface area contributed by atoms with Gasteiger partial charge in [0, 0.05) is 49.8 Å². The highest BCUT2D eigenvalue weighted by atomic mass is 32.2. The minimum atomic E-state index is -0.239. The number of halogens is 1. The zero-order chi connectivity index (χ0) is 21.9. The van der Waals surface area contributed by atoms with Crippen LogP contribution >= 0.6 is 11.8 Å². The quantitative estimate of drug-likeness (QED) is 0.433. The third kappa shape index (κ3) is 4.31. The van der Waals surface area contributed by atoms with E-state index >= 15 is 0 Å². The Balaban J connectivity index is 1.22. The molecule has 0 radical (unpaired) electrons. The summed E-state index contributed by atoms with van der Waals surface area (Å²) in [6, 6.07) is 18.5. The molecular formula is C24H22FN5OS. The number of rotatable bonds is 5. The number of carbonyl (C=O) groups is 1. The highest BCUT2D eigenvalue weighted by molar-refractivity contribution is 8.00. The molecule has 2 aromatic carbocycles. The summed E-state index contributed by atoms with van der Waals surface area (Å²) < 4.78 is 15.0. The minimum absolute atomic E-state index is 0.0976. The van der Waals surface area contributed by atoms with Crippen molar-refractivity contribution in [2.24, 2.45) is 0 Å². The maximum absolute atomic E-state index is 13.1. The summed E-state index contributed by atoms with van der Waals surface area (Å²) >= 11 is 1.44. The largest absolute Gasteiger partial charge is 0.368 e. The molecular weight excluding hydrogens is 425 g/mol. The lowest BCUT2D eigenvalue weighted by atomic mass is 10.1. The number of thioether (sulfide) groups is 1. The second-order valence-electron chi connectivity index (χ2n) is 7.59. The lowest BCUT2D eigenvalue weighted by Gasteiger charge is -2.36. The van der Waals surface area contributed by atoms with E-state index in [9.17, 15) is 9.18 Å². The molecule has 5 rings (SSSR count). The van der Waals surface area contributed by atoms with Gasteiger partial charge >= 0.3 is 0 Å².